The van der Waals surface area contributed by atoms with Crippen molar-refractivity contribution >= 4 is 17.3 Å². The van der Waals surface area contributed by atoms with Gasteiger partial charge in [0.2, 0.25) is 0 Å². The molecule has 8 nitrogen and oxygen atoms in total. The van der Waals surface area contributed by atoms with Crippen molar-refractivity contribution in [1.29, 1.82) is 0 Å². The number of nitro benzene ring substituents is 1. The minimum Gasteiger partial charge on any atom is -0.491 e. The van der Waals surface area contributed by atoms with Crippen LogP contribution in [0.4, 0.5) is 11.4 Å². The molecular formula is C20H19N3O5. The van der Waals surface area contributed by atoms with Crippen molar-refractivity contribution in [3.8, 4) is 17.1 Å². The fraction of sp³-hybridized carbons (Fsp3) is 0.200. The zero-order valence-electron chi connectivity index (χ0n) is 15.6. The zero-order chi connectivity index (χ0) is 20.3. The minimum atomic E-state index is -0.518. The molecule has 3 aromatic rings. The van der Waals surface area contributed by atoms with E-state index in [1.807, 2.05) is 38.1 Å². The standard InChI is InChI=1S/C20H19N3O5/c1-12(2)27-16-8-5-14(6-9-16)19-11-18(22-28-19)20(24)21-17-10-15(23(25)26)7-4-13(17)3/h4-12H,1-3H3,(H,21,24). The van der Waals surface area contributed by atoms with Crippen molar-refractivity contribution < 1.29 is 19.0 Å². The van der Waals surface area contributed by atoms with Crippen molar-refractivity contribution in [3.05, 3.63) is 69.9 Å². The molecule has 0 aliphatic heterocycles. The molecule has 0 atom stereocenters. The third kappa shape index (κ3) is 4.35. The van der Waals surface area contributed by atoms with Gasteiger partial charge in [0.05, 0.1) is 16.7 Å². The number of carbonyl (C=O) groups excluding carboxylic acids is 1. The van der Waals surface area contributed by atoms with E-state index < -0.39 is 10.8 Å². The van der Waals surface area contributed by atoms with Crippen LogP contribution in [0.25, 0.3) is 11.3 Å². The quantitative estimate of drug-likeness (QED) is 0.494. The largest absolute Gasteiger partial charge is 0.491 e. The summed E-state index contributed by atoms with van der Waals surface area (Å²) in [6.45, 7) is 5.63. The number of hydrogen-bond acceptors (Lipinski definition) is 6. The number of nitro groups is 1. The molecule has 0 aliphatic carbocycles. The van der Waals surface area contributed by atoms with Crippen LogP contribution in [0.15, 0.2) is 53.1 Å². The van der Waals surface area contributed by atoms with Gasteiger partial charge in [-0.05, 0) is 50.6 Å². The molecule has 1 aromatic heterocycles. The molecule has 0 saturated heterocycles. The lowest BCUT2D eigenvalue weighted by Crippen LogP contribution is -2.13. The first-order valence-corrected chi connectivity index (χ1v) is 8.63. The number of nitrogens with zero attached hydrogens (tertiary/aromatic N) is 2. The number of carbonyl (C=O) groups is 1. The normalized spacial score (nSPS) is 10.7. The second kappa shape index (κ2) is 7.91. The van der Waals surface area contributed by atoms with Gasteiger partial charge in [-0.1, -0.05) is 11.2 Å². The molecule has 144 valence electrons. The number of aryl methyl sites for hydroxylation is 1. The third-order valence-corrected chi connectivity index (χ3v) is 3.93. The summed E-state index contributed by atoms with van der Waals surface area (Å²) in [5, 5.41) is 17.3. The molecule has 0 radical (unpaired) electrons. The van der Waals surface area contributed by atoms with Gasteiger partial charge in [-0.2, -0.15) is 0 Å². The lowest BCUT2D eigenvalue weighted by atomic mass is 10.1. The Labute approximate surface area is 161 Å². The van der Waals surface area contributed by atoms with Gasteiger partial charge in [0.25, 0.3) is 11.6 Å². The molecule has 28 heavy (non-hydrogen) atoms. The first-order chi connectivity index (χ1) is 13.3. The Morgan fingerprint density at radius 3 is 2.54 bits per heavy atom. The number of amides is 1. The number of non-ortho nitro benzene ring substituents is 1. The van der Waals surface area contributed by atoms with Crippen molar-refractivity contribution in [1.82, 2.24) is 5.16 Å². The zero-order valence-corrected chi connectivity index (χ0v) is 15.6. The summed E-state index contributed by atoms with van der Waals surface area (Å²) in [5.41, 5.74) is 1.75. The Morgan fingerprint density at radius 1 is 1.18 bits per heavy atom. The van der Waals surface area contributed by atoms with Crippen LogP contribution in [0.1, 0.15) is 29.9 Å². The highest BCUT2D eigenvalue weighted by Gasteiger charge is 2.16. The van der Waals surface area contributed by atoms with Crippen molar-refractivity contribution in [3.63, 3.8) is 0 Å². The van der Waals surface area contributed by atoms with Crippen LogP contribution in [0, 0.1) is 17.0 Å². The molecule has 1 heterocycles. The van der Waals surface area contributed by atoms with E-state index in [0.717, 1.165) is 11.3 Å². The lowest BCUT2D eigenvalue weighted by molar-refractivity contribution is -0.384. The number of ether oxygens (including phenoxy) is 1. The minimum absolute atomic E-state index is 0.0726. The van der Waals surface area contributed by atoms with Crippen molar-refractivity contribution in [2.24, 2.45) is 0 Å². The van der Waals surface area contributed by atoms with Gasteiger partial charge in [0.15, 0.2) is 11.5 Å². The molecule has 0 aliphatic rings. The van der Waals surface area contributed by atoms with E-state index in [0.29, 0.717) is 17.0 Å². The first kappa shape index (κ1) is 19.1. The number of benzene rings is 2. The van der Waals surface area contributed by atoms with E-state index in [1.54, 1.807) is 13.0 Å². The maximum atomic E-state index is 12.4. The van der Waals surface area contributed by atoms with Gasteiger partial charge in [-0.25, -0.2) is 0 Å². The molecule has 0 unspecified atom stereocenters. The fourth-order valence-electron chi connectivity index (χ4n) is 2.53. The Morgan fingerprint density at radius 2 is 1.89 bits per heavy atom. The smallest absolute Gasteiger partial charge is 0.277 e. The molecule has 0 spiro atoms. The number of nitrogens with one attached hydrogen (secondary N) is 1. The van der Waals surface area contributed by atoms with Crippen LogP contribution in [0.5, 0.6) is 5.75 Å². The number of rotatable bonds is 6. The molecule has 3 rings (SSSR count). The summed E-state index contributed by atoms with van der Waals surface area (Å²) < 4.78 is 10.9. The number of hydrogen-bond donors (Lipinski definition) is 1. The second-order valence-corrected chi connectivity index (χ2v) is 6.48. The molecule has 1 amide bonds. The average molecular weight is 381 g/mol. The summed E-state index contributed by atoms with van der Waals surface area (Å²) in [4.78, 5) is 22.8. The maximum Gasteiger partial charge on any atom is 0.277 e. The molecule has 2 aromatic carbocycles. The average Bonchev–Trinajstić information content (AvgIpc) is 3.13. The SMILES string of the molecule is Cc1ccc([N+](=O)[O-])cc1NC(=O)c1cc(-c2ccc(OC(C)C)cc2)on1. The Balaban J connectivity index is 1.76. The summed E-state index contributed by atoms with van der Waals surface area (Å²) >= 11 is 0. The summed E-state index contributed by atoms with van der Waals surface area (Å²) in [6, 6.07) is 13.0. The second-order valence-electron chi connectivity index (χ2n) is 6.48. The van der Waals surface area contributed by atoms with Gasteiger partial charge >= 0.3 is 0 Å². The molecule has 1 N–H and O–H groups in total. The Bertz CT molecular complexity index is 1010. The van der Waals surface area contributed by atoms with E-state index in [4.69, 9.17) is 9.26 Å². The summed E-state index contributed by atoms with van der Waals surface area (Å²) in [6.07, 6.45) is 0.0729. The fourth-order valence-corrected chi connectivity index (χ4v) is 2.53. The van der Waals surface area contributed by atoms with Crippen LogP contribution in [0.2, 0.25) is 0 Å². The lowest BCUT2D eigenvalue weighted by Gasteiger charge is -2.09. The monoisotopic (exact) mass is 381 g/mol. The van der Waals surface area contributed by atoms with Gasteiger partial charge in [-0.3, -0.25) is 14.9 Å². The third-order valence-electron chi connectivity index (χ3n) is 3.93. The van der Waals surface area contributed by atoms with Crippen molar-refractivity contribution in [2.45, 2.75) is 26.9 Å². The Hall–Kier alpha value is -3.68. The van der Waals surface area contributed by atoms with Gasteiger partial charge in [0.1, 0.15) is 5.75 Å². The van der Waals surface area contributed by atoms with E-state index in [9.17, 15) is 14.9 Å². The first-order valence-electron chi connectivity index (χ1n) is 8.63. The number of aromatic nitrogens is 1. The van der Waals surface area contributed by atoms with E-state index in [-0.39, 0.29) is 17.5 Å². The summed E-state index contributed by atoms with van der Waals surface area (Å²) in [5.74, 6) is 0.646. The predicted octanol–water partition coefficient (Wildman–Crippen LogP) is 4.60. The highest BCUT2D eigenvalue weighted by atomic mass is 16.6. The molecular weight excluding hydrogens is 362 g/mol. The topological polar surface area (TPSA) is 108 Å². The number of anilines is 1. The predicted molar refractivity (Wildman–Crippen MR) is 103 cm³/mol. The van der Waals surface area contributed by atoms with E-state index >= 15 is 0 Å². The van der Waals surface area contributed by atoms with Crippen LogP contribution in [-0.2, 0) is 0 Å². The van der Waals surface area contributed by atoms with Crippen LogP contribution >= 0.6 is 0 Å². The highest BCUT2D eigenvalue weighted by Crippen LogP contribution is 2.25. The van der Waals surface area contributed by atoms with Gasteiger partial charge < -0.3 is 14.6 Å². The van der Waals surface area contributed by atoms with Crippen molar-refractivity contribution in [2.75, 3.05) is 5.32 Å². The summed E-state index contributed by atoms with van der Waals surface area (Å²) in [7, 11) is 0. The Kier molecular flexibility index (Phi) is 5.39. The van der Waals surface area contributed by atoms with E-state index in [1.165, 1.54) is 18.2 Å². The van der Waals surface area contributed by atoms with Gasteiger partial charge in [0, 0.05) is 23.8 Å². The molecule has 0 bridgehead atoms. The molecule has 8 heteroatoms. The van der Waals surface area contributed by atoms with Gasteiger partial charge in [-0.15, -0.1) is 0 Å². The van der Waals surface area contributed by atoms with E-state index in [2.05, 4.69) is 10.5 Å². The van der Waals surface area contributed by atoms with Crippen LogP contribution < -0.4 is 10.1 Å². The van der Waals surface area contributed by atoms with Crippen LogP contribution in [0.3, 0.4) is 0 Å². The highest BCUT2D eigenvalue weighted by molar-refractivity contribution is 6.03. The molecule has 0 saturated carbocycles. The maximum absolute atomic E-state index is 12.4. The van der Waals surface area contributed by atoms with Crippen LogP contribution in [-0.4, -0.2) is 22.1 Å². The molecule has 0 fully saturated rings.